The summed E-state index contributed by atoms with van der Waals surface area (Å²) in [6.07, 6.45) is 3.87. The van der Waals surface area contributed by atoms with Crippen LogP contribution in [0.4, 0.5) is 0 Å². The van der Waals surface area contributed by atoms with Crippen molar-refractivity contribution in [3.63, 3.8) is 0 Å². The van der Waals surface area contributed by atoms with E-state index in [0.717, 1.165) is 5.69 Å². The van der Waals surface area contributed by atoms with Crippen molar-refractivity contribution in [3.05, 3.63) is 54.4 Å². The number of carbonyl (C=O) groups excluding carboxylic acids is 2. The molecule has 2 N–H and O–H groups in total. The normalized spacial score (nSPS) is 10.1. The lowest BCUT2D eigenvalue weighted by Crippen LogP contribution is -2.36. The summed E-state index contributed by atoms with van der Waals surface area (Å²) >= 11 is 0. The van der Waals surface area contributed by atoms with Gasteiger partial charge < -0.3 is 15.2 Å². The van der Waals surface area contributed by atoms with Crippen LogP contribution in [0.5, 0.6) is 0 Å². The molecule has 0 spiro atoms. The zero-order valence-corrected chi connectivity index (χ0v) is 11.3. The molecule has 104 valence electrons. The van der Waals surface area contributed by atoms with Gasteiger partial charge in [-0.05, 0) is 43.3 Å². The average Bonchev–Trinajstić information content (AvgIpc) is 2.99. The van der Waals surface area contributed by atoms with E-state index in [9.17, 15) is 9.59 Å². The molecule has 0 aliphatic carbocycles. The number of hydrogen-bond acceptors (Lipinski definition) is 2. The van der Waals surface area contributed by atoms with E-state index in [2.05, 4.69) is 10.6 Å². The minimum atomic E-state index is -0.254. The van der Waals surface area contributed by atoms with Crippen LogP contribution in [-0.2, 0) is 4.79 Å². The fraction of sp³-hybridized carbons (Fsp3) is 0.200. The maximum Gasteiger partial charge on any atom is 0.251 e. The number of likely N-dealkylation sites (N-methyl/N-ethyl adjacent to an activating group) is 1. The molecule has 0 aliphatic heterocycles. The first-order valence-electron chi connectivity index (χ1n) is 6.49. The Kier molecular flexibility index (Phi) is 4.55. The lowest BCUT2D eigenvalue weighted by Gasteiger charge is -2.07. The van der Waals surface area contributed by atoms with Gasteiger partial charge in [-0.25, -0.2) is 0 Å². The summed E-state index contributed by atoms with van der Waals surface area (Å²) in [6.45, 7) is 2.38. The quantitative estimate of drug-likeness (QED) is 0.862. The Hall–Kier alpha value is -2.56. The van der Waals surface area contributed by atoms with E-state index >= 15 is 0 Å². The molecule has 2 amide bonds. The molecule has 0 bridgehead atoms. The maximum atomic E-state index is 11.9. The maximum absolute atomic E-state index is 11.9. The molecule has 5 heteroatoms. The monoisotopic (exact) mass is 271 g/mol. The van der Waals surface area contributed by atoms with E-state index in [1.54, 1.807) is 12.1 Å². The van der Waals surface area contributed by atoms with Gasteiger partial charge in [-0.15, -0.1) is 0 Å². The van der Waals surface area contributed by atoms with Gasteiger partial charge in [0.15, 0.2) is 0 Å². The average molecular weight is 271 g/mol. The fourth-order valence-electron chi connectivity index (χ4n) is 1.81. The minimum Gasteiger partial charge on any atom is -0.355 e. The molecule has 5 nitrogen and oxygen atoms in total. The fourth-order valence-corrected chi connectivity index (χ4v) is 1.81. The Morgan fingerprint density at radius 3 is 2.30 bits per heavy atom. The highest BCUT2D eigenvalue weighted by atomic mass is 16.2. The third-order valence-electron chi connectivity index (χ3n) is 2.82. The molecule has 0 atom stereocenters. The van der Waals surface area contributed by atoms with E-state index in [4.69, 9.17) is 0 Å². The number of benzene rings is 1. The smallest absolute Gasteiger partial charge is 0.251 e. The Bertz CT molecular complexity index is 574. The van der Waals surface area contributed by atoms with Gasteiger partial charge in [-0.1, -0.05) is 0 Å². The Labute approximate surface area is 117 Å². The molecule has 2 aromatic rings. The SMILES string of the molecule is CCNC(=O)CNC(=O)c1ccc(-n2cccc2)cc1. The Morgan fingerprint density at radius 1 is 1.05 bits per heavy atom. The summed E-state index contributed by atoms with van der Waals surface area (Å²) < 4.78 is 1.95. The van der Waals surface area contributed by atoms with E-state index in [-0.39, 0.29) is 18.4 Å². The van der Waals surface area contributed by atoms with Crippen LogP contribution in [0.1, 0.15) is 17.3 Å². The topological polar surface area (TPSA) is 63.1 Å². The molecule has 1 aromatic heterocycles. The van der Waals surface area contributed by atoms with Crippen LogP contribution in [-0.4, -0.2) is 29.5 Å². The van der Waals surface area contributed by atoms with E-state index in [1.165, 1.54) is 0 Å². The van der Waals surface area contributed by atoms with Gasteiger partial charge in [0, 0.05) is 30.2 Å². The standard InChI is InChI=1S/C15H17N3O2/c1-2-16-14(19)11-17-15(20)12-5-7-13(8-6-12)18-9-3-4-10-18/h3-10H,2,11H2,1H3,(H,16,19)(H,17,20). The first-order chi connectivity index (χ1) is 9.70. The van der Waals surface area contributed by atoms with Gasteiger partial charge in [-0.3, -0.25) is 9.59 Å². The second kappa shape index (κ2) is 6.56. The van der Waals surface area contributed by atoms with Crippen molar-refractivity contribution in [2.24, 2.45) is 0 Å². The first kappa shape index (κ1) is 13.9. The zero-order chi connectivity index (χ0) is 14.4. The number of amides is 2. The van der Waals surface area contributed by atoms with Crippen LogP contribution in [0.2, 0.25) is 0 Å². The van der Waals surface area contributed by atoms with Crippen molar-refractivity contribution in [1.82, 2.24) is 15.2 Å². The van der Waals surface area contributed by atoms with Crippen molar-refractivity contribution in [2.45, 2.75) is 6.92 Å². The van der Waals surface area contributed by atoms with Crippen molar-refractivity contribution >= 4 is 11.8 Å². The molecular formula is C15H17N3O2. The van der Waals surface area contributed by atoms with Crippen LogP contribution in [0, 0.1) is 0 Å². The summed E-state index contributed by atoms with van der Waals surface area (Å²) in [6, 6.07) is 11.1. The third-order valence-corrected chi connectivity index (χ3v) is 2.82. The third kappa shape index (κ3) is 3.47. The number of aromatic nitrogens is 1. The van der Waals surface area contributed by atoms with Crippen molar-refractivity contribution in [3.8, 4) is 5.69 Å². The summed E-state index contributed by atoms with van der Waals surface area (Å²) in [4.78, 5) is 23.1. The number of hydrogen-bond donors (Lipinski definition) is 2. The highest BCUT2D eigenvalue weighted by Gasteiger charge is 2.07. The van der Waals surface area contributed by atoms with Gasteiger partial charge in [-0.2, -0.15) is 0 Å². The molecule has 0 saturated carbocycles. The molecule has 1 heterocycles. The second-order valence-corrected chi connectivity index (χ2v) is 4.27. The molecule has 0 saturated heterocycles. The van der Waals surface area contributed by atoms with E-state index in [1.807, 2.05) is 48.1 Å². The second-order valence-electron chi connectivity index (χ2n) is 4.27. The number of rotatable bonds is 5. The lowest BCUT2D eigenvalue weighted by molar-refractivity contribution is -0.120. The predicted molar refractivity (Wildman–Crippen MR) is 76.8 cm³/mol. The molecular weight excluding hydrogens is 254 g/mol. The predicted octanol–water partition coefficient (Wildman–Crippen LogP) is 1.34. The van der Waals surface area contributed by atoms with Crippen molar-refractivity contribution in [2.75, 3.05) is 13.1 Å². The minimum absolute atomic E-state index is 0.00791. The van der Waals surface area contributed by atoms with Crippen LogP contribution in [0.25, 0.3) is 5.69 Å². The zero-order valence-electron chi connectivity index (χ0n) is 11.3. The highest BCUT2D eigenvalue weighted by molar-refractivity contribution is 5.96. The lowest BCUT2D eigenvalue weighted by atomic mass is 10.2. The molecule has 20 heavy (non-hydrogen) atoms. The van der Waals surface area contributed by atoms with Gasteiger partial charge in [0.25, 0.3) is 5.91 Å². The largest absolute Gasteiger partial charge is 0.355 e. The molecule has 1 aromatic carbocycles. The Balaban J connectivity index is 1.96. The summed E-state index contributed by atoms with van der Waals surface area (Å²) in [5, 5.41) is 5.20. The van der Waals surface area contributed by atoms with Crippen LogP contribution in [0.3, 0.4) is 0 Å². The number of nitrogens with zero attached hydrogens (tertiary/aromatic N) is 1. The van der Waals surface area contributed by atoms with E-state index < -0.39 is 0 Å². The van der Waals surface area contributed by atoms with Gasteiger partial charge >= 0.3 is 0 Å². The van der Waals surface area contributed by atoms with Crippen LogP contribution in [0.15, 0.2) is 48.8 Å². The first-order valence-corrected chi connectivity index (χ1v) is 6.49. The molecule has 0 radical (unpaired) electrons. The number of carbonyl (C=O) groups is 2. The van der Waals surface area contributed by atoms with Crippen LogP contribution >= 0.6 is 0 Å². The molecule has 2 rings (SSSR count). The Morgan fingerprint density at radius 2 is 1.70 bits per heavy atom. The number of nitrogens with one attached hydrogen (secondary N) is 2. The summed E-state index contributed by atoms with van der Waals surface area (Å²) in [5.41, 5.74) is 1.51. The van der Waals surface area contributed by atoms with Gasteiger partial charge in [0.1, 0.15) is 0 Å². The van der Waals surface area contributed by atoms with Crippen molar-refractivity contribution in [1.29, 1.82) is 0 Å². The van der Waals surface area contributed by atoms with Gasteiger partial charge in [0.05, 0.1) is 6.54 Å². The highest BCUT2D eigenvalue weighted by Crippen LogP contribution is 2.09. The van der Waals surface area contributed by atoms with E-state index in [0.29, 0.717) is 12.1 Å². The molecule has 0 fully saturated rings. The van der Waals surface area contributed by atoms with Gasteiger partial charge in [0.2, 0.25) is 5.91 Å². The summed E-state index contributed by atoms with van der Waals surface area (Å²) in [7, 11) is 0. The summed E-state index contributed by atoms with van der Waals surface area (Å²) in [5.74, 6) is -0.444. The molecule has 0 aliphatic rings. The molecule has 0 unspecified atom stereocenters. The van der Waals surface area contributed by atoms with Crippen LogP contribution < -0.4 is 10.6 Å². The van der Waals surface area contributed by atoms with Crippen molar-refractivity contribution < 1.29 is 9.59 Å².